The monoisotopic (exact) mass is 216 g/mol. The minimum absolute atomic E-state index is 0.373. The quantitative estimate of drug-likeness (QED) is 0.839. The van der Waals surface area contributed by atoms with Crippen LogP contribution in [0.15, 0.2) is 22.7 Å². The molecule has 3 heteroatoms. The molecule has 0 spiro atoms. The predicted octanol–water partition coefficient (Wildman–Crippen LogP) is 2.77. The maximum absolute atomic E-state index is 5.50. The first-order valence-electron chi connectivity index (χ1n) is 5.34. The van der Waals surface area contributed by atoms with E-state index in [1.807, 2.05) is 0 Å². The van der Waals surface area contributed by atoms with Crippen LogP contribution in [0, 0.1) is 20.8 Å². The van der Waals surface area contributed by atoms with Crippen LogP contribution in [0.2, 0.25) is 0 Å². The van der Waals surface area contributed by atoms with Crippen molar-refractivity contribution < 1.29 is 4.52 Å². The van der Waals surface area contributed by atoms with E-state index in [1.54, 1.807) is 6.07 Å². The fourth-order valence-electron chi connectivity index (χ4n) is 2.08. The Morgan fingerprint density at radius 3 is 2.25 bits per heavy atom. The molecule has 0 saturated heterocycles. The number of nitrogens with zero attached hydrogens (tertiary/aromatic N) is 1. The van der Waals surface area contributed by atoms with Gasteiger partial charge in [-0.1, -0.05) is 22.9 Å². The van der Waals surface area contributed by atoms with Crippen molar-refractivity contribution >= 4 is 5.88 Å². The van der Waals surface area contributed by atoms with Crippen molar-refractivity contribution in [2.75, 3.05) is 5.73 Å². The van der Waals surface area contributed by atoms with E-state index in [9.17, 15) is 0 Å². The Kier molecular flexibility index (Phi) is 2.69. The fraction of sp³-hybridized carbons (Fsp3) is 0.308. The van der Waals surface area contributed by atoms with Gasteiger partial charge in [-0.3, -0.25) is 0 Å². The minimum atomic E-state index is 0.373. The number of anilines is 1. The van der Waals surface area contributed by atoms with Gasteiger partial charge in [-0.05, 0) is 37.5 Å². The molecule has 16 heavy (non-hydrogen) atoms. The highest BCUT2D eigenvalue weighted by atomic mass is 16.5. The van der Waals surface area contributed by atoms with Gasteiger partial charge in [0.2, 0.25) is 5.88 Å². The van der Waals surface area contributed by atoms with Crippen molar-refractivity contribution in [2.24, 2.45) is 0 Å². The second-order valence-electron chi connectivity index (χ2n) is 4.27. The SMILES string of the molecule is Cc1cc(C)c(Cc2cc(N)on2)c(C)c1. The van der Waals surface area contributed by atoms with Crippen molar-refractivity contribution in [3.05, 3.63) is 46.1 Å². The van der Waals surface area contributed by atoms with Crippen molar-refractivity contribution in [1.29, 1.82) is 0 Å². The molecule has 2 aromatic rings. The molecule has 0 atom stereocenters. The molecule has 0 aliphatic rings. The van der Waals surface area contributed by atoms with E-state index in [0.29, 0.717) is 5.88 Å². The molecule has 0 bridgehead atoms. The minimum Gasteiger partial charge on any atom is -0.368 e. The van der Waals surface area contributed by atoms with E-state index >= 15 is 0 Å². The van der Waals surface area contributed by atoms with Crippen LogP contribution in [0.1, 0.15) is 27.9 Å². The standard InChI is InChI=1S/C13H16N2O/c1-8-4-9(2)12(10(3)5-8)6-11-7-13(14)16-15-11/h4-5,7H,6,14H2,1-3H3. The van der Waals surface area contributed by atoms with Crippen LogP contribution < -0.4 is 5.73 Å². The van der Waals surface area contributed by atoms with Crippen molar-refractivity contribution in [1.82, 2.24) is 5.16 Å². The van der Waals surface area contributed by atoms with Crippen LogP contribution in [-0.4, -0.2) is 5.16 Å². The Balaban J connectivity index is 2.34. The number of benzene rings is 1. The van der Waals surface area contributed by atoms with Crippen molar-refractivity contribution in [3.8, 4) is 0 Å². The van der Waals surface area contributed by atoms with Gasteiger partial charge in [0.25, 0.3) is 0 Å². The van der Waals surface area contributed by atoms with Gasteiger partial charge >= 0.3 is 0 Å². The van der Waals surface area contributed by atoms with E-state index in [1.165, 1.54) is 22.3 Å². The summed E-state index contributed by atoms with van der Waals surface area (Å²) >= 11 is 0. The van der Waals surface area contributed by atoms with E-state index < -0.39 is 0 Å². The smallest absolute Gasteiger partial charge is 0.222 e. The van der Waals surface area contributed by atoms with Crippen LogP contribution in [0.5, 0.6) is 0 Å². The summed E-state index contributed by atoms with van der Waals surface area (Å²) in [4.78, 5) is 0. The lowest BCUT2D eigenvalue weighted by atomic mass is 9.96. The third-order valence-electron chi connectivity index (χ3n) is 2.78. The number of aromatic nitrogens is 1. The Hall–Kier alpha value is -1.77. The lowest BCUT2D eigenvalue weighted by Gasteiger charge is -2.09. The van der Waals surface area contributed by atoms with Gasteiger partial charge in [0.15, 0.2) is 0 Å². The molecule has 0 saturated carbocycles. The van der Waals surface area contributed by atoms with E-state index in [0.717, 1.165) is 12.1 Å². The van der Waals surface area contributed by atoms with Gasteiger partial charge in [0.05, 0.1) is 5.69 Å². The van der Waals surface area contributed by atoms with Crippen LogP contribution in [0.3, 0.4) is 0 Å². The summed E-state index contributed by atoms with van der Waals surface area (Å²) in [6, 6.07) is 6.15. The molecule has 0 aliphatic heterocycles. The number of nitrogen functional groups attached to an aromatic ring is 1. The maximum atomic E-state index is 5.50. The predicted molar refractivity (Wildman–Crippen MR) is 64.4 cm³/mol. The number of rotatable bonds is 2. The zero-order valence-corrected chi connectivity index (χ0v) is 9.87. The average Bonchev–Trinajstić information content (AvgIpc) is 2.58. The largest absolute Gasteiger partial charge is 0.368 e. The van der Waals surface area contributed by atoms with Gasteiger partial charge < -0.3 is 10.3 Å². The molecule has 1 aromatic carbocycles. The molecule has 2 rings (SSSR count). The summed E-state index contributed by atoms with van der Waals surface area (Å²) in [6.45, 7) is 6.36. The molecule has 1 heterocycles. The highest BCUT2D eigenvalue weighted by Crippen LogP contribution is 2.20. The van der Waals surface area contributed by atoms with E-state index in [4.69, 9.17) is 10.3 Å². The van der Waals surface area contributed by atoms with Gasteiger partial charge in [-0.25, -0.2) is 0 Å². The molecule has 0 aliphatic carbocycles. The molecular weight excluding hydrogens is 200 g/mol. The van der Waals surface area contributed by atoms with Gasteiger partial charge in [-0.2, -0.15) is 0 Å². The Labute approximate surface area is 95.3 Å². The van der Waals surface area contributed by atoms with Crippen LogP contribution in [0.4, 0.5) is 5.88 Å². The Morgan fingerprint density at radius 1 is 1.12 bits per heavy atom. The zero-order chi connectivity index (χ0) is 11.7. The van der Waals surface area contributed by atoms with Crippen molar-refractivity contribution in [2.45, 2.75) is 27.2 Å². The third kappa shape index (κ3) is 2.08. The topological polar surface area (TPSA) is 52.0 Å². The molecule has 3 nitrogen and oxygen atoms in total. The summed E-state index contributed by atoms with van der Waals surface area (Å²) in [5, 5.41) is 3.92. The molecule has 0 unspecified atom stereocenters. The van der Waals surface area contributed by atoms with Crippen LogP contribution in [0.25, 0.3) is 0 Å². The lowest BCUT2D eigenvalue weighted by molar-refractivity contribution is 0.429. The van der Waals surface area contributed by atoms with Gasteiger partial charge in [0.1, 0.15) is 0 Å². The first-order valence-corrected chi connectivity index (χ1v) is 5.34. The molecule has 0 fully saturated rings. The number of nitrogens with two attached hydrogens (primary N) is 1. The fourth-order valence-corrected chi connectivity index (χ4v) is 2.08. The van der Waals surface area contributed by atoms with Crippen LogP contribution >= 0.6 is 0 Å². The normalized spacial score (nSPS) is 10.7. The first kappa shape index (κ1) is 10.7. The molecule has 1 aromatic heterocycles. The Morgan fingerprint density at radius 2 is 1.75 bits per heavy atom. The third-order valence-corrected chi connectivity index (χ3v) is 2.78. The van der Waals surface area contributed by atoms with Gasteiger partial charge in [-0.15, -0.1) is 0 Å². The number of hydrogen-bond donors (Lipinski definition) is 1. The molecular formula is C13H16N2O. The highest BCUT2D eigenvalue weighted by Gasteiger charge is 2.08. The van der Waals surface area contributed by atoms with Gasteiger partial charge in [0, 0.05) is 12.5 Å². The van der Waals surface area contributed by atoms with Crippen molar-refractivity contribution in [3.63, 3.8) is 0 Å². The lowest BCUT2D eigenvalue weighted by Crippen LogP contribution is -1.96. The molecule has 0 amide bonds. The molecule has 2 N–H and O–H groups in total. The first-order chi connectivity index (χ1) is 7.56. The molecule has 84 valence electrons. The van der Waals surface area contributed by atoms with E-state index in [2.05, 4.69) is 38.1 Å². The van der Waals surface area contributed by atoms with Crippen LogP contribution in [-0.2, 0) is 6.42 Å². The molecule has 0 radical (unpaired) electrons. The summed E-state index contributed by atoms with van der Waals surface area (Å²) in [7, 11) is 0. The zero-order valence-electron chi connectivity index (χ0n) is 9.87. The number of hydrogen-bond acceptors (Lipinski definition) is 3. The second-order valence-corrected chi connectivity index (χ2v) is 4.27. The highest BCUT2D eigenvalue weighted by molar-refractivity contribution is 5.40. The summed E-state index contributed by atoms with van der Waals surface area (Å²) in [6.07, 6.45) is 0.776. The second kappa shape index (κ2) is 4.00. The summed E-state index contributed by atoms with van der Waals surface area (Å²) in [5.41, 5.74) is 11.6. The maximum Gasteiger partial charge on any atom is 0.222 e. The average molecular weight is 216 g/mol. The summed E-state index contributed by atoms with van der Waals surface area (Å²) in [5.74, 6) is 0.373. The Bertz CT molecular complexity index is 491. The number of aryl methyl sites for hydroxylation is 3. The summed E-state index contributed by atoms with van der Waals surface area (Å²) < 4.78 is 4.87. The van der Waals surface area contributed by atoms with E-state index in [-0.39, 0.29) is 0 Å².